The second kappa shape index (κ2) is 10.6. The third-order valence-electron chi connectivity index (χ3n) is 4.68. The SMILES string of the molecule is COc1ccccc1C1CNCCN1C(=O)Cc1coc(-c2cccs2)n1.Cl.Cl. The lowest BCUT2D eigenvalue weighted by Gasteiger charge is -2.37. The number of ether oxygens (including phenoxy) is 1. The zero-order valence-corrected chi connectivity index (χ0v) is 18.3. The number of para-hydroxylation sites is 1. The maximum Gasteiger partial charge on any atom is 0.236 e. The Morgan fingerprint density at radius 2 is 2.14 bits per heavy atom. The van der Waals surface area contributed by atoms with Gasteiger partial charge in [-0.25, -0.2) is 4.98 Å². The number of benzene rings is 1. The van der Waals surface area contributed by atoms with Gasteiger partial charge in [0.05, 0.1) is 30.1 Å². The molecule has 1 aromatic carbocycles. The number of carbonyl (C=O) groups excluding carboxylic acids is 1. The first-order valence-corrected chi connectivity index (χ1v) is 9.75. The molecule has 3 aromatic rings. The Morgan fingerprint density at radius 3 is 2.90 bits per heavy atom. The van der Waals surface area contributed by atoms with Crippen molar-refractivity contribution < 1.29 is 13.9 Å². The molecule has 0 spiro atoms. The molecule has 1 aliphatic heterocycles. The Bertz CT molecular complexity index is 917. The fourth-order valence-corrected chi connectivity index (χ4v) is 4.04. The molecular weight excluding hydrogens is 433 g/mol. The highest BCUT2D eigenvalue weighted by Gasteiger charge is 2.30. The van der Waals surface area contributed by atoms with E-state index in [4.69, 9.17) is 9.15 Å². The van der Waals surface area contributed by atoms with Crippen molar-refractivity contribution in [2.24, 2.45) is 0 Å². The fourth-order valence-electron chi connectivity index (χ4n) is 3.38. The number of nitrogens with one attached hydrogen (secondary N) is 1. The molecule has 1 saturated heterocycles. The van der Waals surface area contributed by atoms with Crippen LogP contribution in [0.2, 0.25) is 0 Å². The summed E-state index contributed by atoms with van der Waals surface area (Å²) in [5.74, 6) is 1.40. The Balaban J connectivity index is 0.00000150. The van der Waals surface area contributed by atoms with Gasteiger partial charge < -0.3 is 19.4 Å². The number of oxazole rings is 1. The van der Waals surface area contributed by atoms with E-state index in [0.29, 0.717) is 24.7 Å². The molecule has 6 nitrogen and oxygen atoms in total. The number of methoxy groups -OCH3 is 1. The minimum absolute atomic E-state index is 0. The van der Waals surface area contributed by atoms with E-state index < -0.39 is 0 Å². The first kappa shape index (κ1) is 23.2. The van der Waals surface area contributed by atoms with Gasteiger partial charge in [-0.1, -0.05) is 24.3 Å². The van der Waals surface area contributed by atoms with Gasteiger partial charge in [0.2, 0.25) is 11.8 Å². The summed E-state index contributed by atoms with van der Waals surface area (Å²) in [5.41, 5.74) is 1.67. The van der Waals surface area contributed by atoms with E-state index in [1.807, 2.05) is 46.7 Å². The summed E-state index contributed by atoms with van der Waals surface area (Å²) in [6.45, 7) is 2.12. The second-order valence-corrected chi connectivity index (χ2v) is 7.29. The number of aromatic nitrogens is 1. The van der Waals surface area contributed by atoms with Crippen LogP contribution in [0.1, 0.15) is 17.3 Å². The molecule has 29 heavy (non-hydrogen) atoms. The van der Waals surface area contributed by atoms with Crippen LogP contribution in [0, 0.1) is 0 Å². The van der Waals surface area contributed by atoms with Crippen LogP contribution >= 0.6 is 36.2 Å². The maximum atomic E-state index is 13.0. The van der Waals surface area contributed by atoms with Crippen molar-refractivity contribution in [3.05, 3.63) is 59.3 Å². The lowest BCUT2D eigenvalue weighted by Crippen LogP contribution is -2.49. The van der Waals surface area contributed by atoms with Gasteiger partial charge in [-0.15, -0.1) is 36.2 Å². The van der Waals surface area contributed by atoms with Gasteiger partial charge in [0.1, 0.15) is 12.0 Å². The monoisotopic (exact) mass is 455 g/mol. The largest absolute Gasteiger partial charge is 0.496 e. The molecule has 0 radical (unpaired) electrons. The number of nitrogens with zero attached hydrogens (tertiary/aromatic N) is 2. The van der Waals surface area contributed by atoms with Gasteiger partial charge in [-0.2, -0.15) is 0 Å². The van der Waals surface area contributed by atoms with E-state index in [2.05, 4.69) is 10.3 Å². The number of hydrogen-bond acceptors (Lipinski definition) is 6. The first-order valence-electron chi connectivity index (χ1n) is 8.87. The molecule has 1 amide bonds. The smallest absolute Gasteiger partial charge is 0.236 e. The van der Waals surface area contributed by atoms with E-state index in [1.165, 1.54) is 0 Å². The molecule has 1 N–H and O–H groups in total. The van der Waals surface area contributed by atoms with Crippen LogP contribution in [0.3, 0.4) is 0 Å². The van der Waals surface area contributed by atoms with Gasteiger partial charge in [0.25, 0.3) is 0 Å². The summed E-state index contributed by atoms with van der Waals surface area (Å²) < 4.78 is 11.0. The number of carbonyl (C=O) groups is 1. The Hall–Kier alpha value is -2.06. The minimum atomic E-state index is -0.0638. The van der Waals surface area contributed by atoms with Gasteiger partial charge in [-0.3, -0.25) is 4.79 Å². The van der Waals surface area contributed by atoms with Crippen LogP contribution in [0.4, 0.5) is 0 Å². The normalized spacial score (nSPS) is 15.9. The quantitative estimate of drug-likeness (QED) is 0.630. The summed E-state index contributed by atoms with van der Waals surface area (Å²) >= 11 is 1.56. The number of hydrogen-bond donors (Lipinski definition) is 1. The van der Waals surface area contributed by atoms with E-state index in [9.17, 15) is 4.79 Å². The molecule has 0 bridgehead atoms. The number of rotatable bonds is 5. The molecule has 2 aromatic heterocycles. The average Bonchev–Trinajstić information content (AvgIpc) is 3.39. The van der Waals surface area contributed by atoms with Crippen LogP contribution in [0.5, 0.6) is 5.75 Å². The first-order chi connectivity index (χ1) is 13.3. The van der Waals surface area contributed by atoms with Crippen molar-refractivity contribution in [3.63, 3.8) is 0 Å². The standard InChI is InChI=1S/C20H21N3O3S.2ClH/c1-25-17-6-3-2-5-15(17)16-12-21-8-9-23(16)19(24)11-14-13-26-20(22-14)18-7-4-10-27-18;;/h2-7,10,13,16,21H,8-9,11-12H2,1H3;2*1H. The summed E-state index contributed by atoms with van der Waals surface area (Å²) in [7, 11) is 1.66. The Labute approximate surface area is 186 Å². The molecule has 4 rings (SSSR count). The number of halogens is 2. The van der Waals surface area contributed by atoms with Crippen LogP contribution < -0.4 is 10.1 Å². The highest BCUT2D eigenvalue weighted by atomic mass is 35.5. The minimum Gasteiger partial charge on any atom is -0.496 e. The summed E-state index contributed by atoms with van der Waals surface area (Å²) in [6, 6.07) is 11.7. The lowest BCUT2D eigenvalue weighted by molar-refractivity contribution is -0.133. The molecule has 9 heteroatoms. The van der Waals surface area contributed by atoms with Gasteiger partial charge in [0.15, 0.2) is 0 Å². The van der Waals surface area contributed by atoms with E-state index >= 15 is 0 Å². The van der Waals surface area contributed by atoms with E-state index in [-0.39, 0.29) is 43.2 Å². The third-order valence-corrected chi connectivity index (χ3v) is 5.54. The Morgan fingerprint density at radius 1 is 1.31 bits per heavy atom. The molecule has 1 atom stereocenters. The third kappa shape index (κ3) is 5.11. The maximum absolute atomic E-state index is 13.0. The average molecular weight is 456 g/mol. The predicted molar refractivity (Wildman–Crippen MR) is 118 cm³/mol. The molecule has 0 saturated carbocycles. The fraction of sp³-hybridized carbons (Fsp3) is 0.300. The van der Waals surface area contributed by atoms with Crippen LogP contribution in [-0.4, -0.2) is 42.5 Å². The summed E-state index contributed by atoms with van der Waals surface area (Å²) in [6.07, 6.45) is 1.80. The molecule has 1 fully saturated rings. The lowest BCUT2D eigenvalue weighted by atomic mass is 10.0. The molecule has 1 aliphatic rings. The number of piperazine rings is 1. The molecular formula is C20H23Cl2N3O3S. The highest BCUT2D eigenvalue weighted by Crippen LogP contribution is 2.31. The van der Waals surface area contributed by atoms with Crippen LogP contribution in [0.25, 0.3) is 10.8 Å². The summed E-state index contributed by atoms with van der Waals surface area (Å²) in [5, 5.41) is 5.35. The van der Waals surface area contributed by atoms with E-state index in [0.717, 1.165) is 22.7 Å². The summed E-state index contributed by atoms with van der Waals surface area (Å²) in [4.78, 5) is 20.4. The van der Waals surface area contributed by atoms with Crippen molar-refractivity contribution in [1.82, 2.24) is 15.2 Å². The molecule has 156 valence electrons. The molecule has 3 heterocycles. The number of amides is 1. The molecule has 0 aliphatic carbocycles. The number of thiophene rings is 1. The van der Waals surface area contributed by atoms with Crippen LogP contribution in [0.15, 0.2) is 52.5 Å². The zero-order chi connectivity index (χ0) is 18.6. The van der Waals surface area contributed by atoms with Crippen LogP contribution in [-0.2, 0) is 11.2 Å². The topological polar surface area (TPSA) is 67.6 Å². The van der Waals surface area contributed by atoms with Crippen molar-refractivity contribution in [3.8, 4) is 16.5 Å². The highest BCUT2D eigenvalue weighted by molar-refractivity contribution is 7.13. The second-order valence-electron chi connectivity index (χ2n) is 6.35. The van der Waals surface area contributed by atoms with E-state index in [1.54, 1.807) is 24.7 Å². The van der Waals surface area contributed by atoms with Gasteiger partial charge >= 0.3 is 0 Å². The van der Waals surface area contributed by atoms with Crippen molar-refractivity contribution >= 4 is 42.1 Å². The van der Waals surface area contributed by atoms with Crippen molar-refractivity contribution in [2.45, 2.75) is 12.5 Å². The van der Waals surface area contributed by atoms with Crippen molar-refractivity contribution in [1.29, 1.82) is 0 Å². The Kier molecular flexibility index (Phi) is 8.52. The van der Waals surface area contributed by atoms with Gasteiger partial charge in [0, 0.05) is 25.2 Å². The predicted octanol–water partition coefficient (Wildman–Crippen LogP) is 3.97. The zero-order valence-electron chi connectivity index (χ0n) is 15.9. The van der Waals surface area contributed by atoms with Crippen molar-refractivity contribution in [2.75, 3.05) is 26.7 Å². The molecule has 1 unspecified atom stereocenters. The van der Waals surface area contributed by atoms with Gasteiger partial charge in [-0.05, 0) is 17.5 Å².